The minimum atomic E-state index is -0.139. The summed E-state index contributed by atoms with van der Waals surface area (Å²) >= 11 is 1.39. The molecular formula is C18H14N4OS. The van der Waals surface area contributed by atoms with Gasteiger partial charge in [-0.3, -0.25) is 9.78 Å². The van der Waals surface area contributed by atoms with Gasteiger partial charge in [0.1, 0.15) is 9.88 Å². The summed E-state index contributed by atoms with van der Waals surface area (Å²) in [6.45, 7) is 1.85. The van der Waals surface area contributed by atoms with Gasteiger partial charge < -0.3 is 10.3 Å². The second-order valence-corrected chi connectivity index (χ2v) is 6.40. The summed E-state index contributed by atoms with van der Waals surface area (Å²) in [5, 5.41) is 4.83. The lowest BCUT2D eigenvalue weighted by Crippen LogP contribution is -2.11. The van der Waals surface area contributed by atoms with Gasteiger partial charge in [0.2, 0.25) is 0 Å². The molecule has 6 heteroatoms. The number of pyridine rings is 1. The van der Waals surface area contributed by atoms with Crippen LogP contribution in [0.4, 0.5) is 5.69 Å². The van der Waals surface area contributed by atoms with Crippen molar-refractivity contribution < 1.29 is 4.79 Å². The van der Waals surface area contributed by atoms with Crippen molar-refractivity contribution in [3.63, 3.8) is 0 Å². The molecule has 0 aliphatic heterocycles. The number of thiazole rings is 1. The highest BCUT2D eigenvalue weighted by Gasteiger charge is 2.16. The third-order valence-electron chi connectivity index (χ3n) is 3.74. The summed E-state index contributed by atoms with van der Waals surface area (Å²) in [7, 11) is 0. The van der Waals surface area contributed by atoms with Gasteiger partial charge in [0, 0.05) is 40.7 Å². The monoisotopic (exact) mass is 334 g/mol. The lowest BCUT2D eigenvalue weighted by Gasteiger charge is -2.04. The number of anilines is 1. The smallest absolute Gasteiger partial charge is 0.267 e. The minimum absolute atomic E-state index is 0.139. The quantitative estimate of drug-likeness (QED) is 0.588. The Kier molecular flexibility index (Phi) is 3.59. The molecule has 0 aliphatic rings. The first kappa shape index (κ1) is 14.6. The molecule has 118 valence electrons. The second-order valence-electron chi connectivity index (χ2n) is 5.40. The van der Waals surface area contributed by atoms with Crippen LogP contribution in [-0.2, 0) is 0 Å². The Labute approximate surface area is 142 Å². The number of aromatic amines is 1. The van der Waals surface area contributed by atoms with Crippen molar-refractivity contribution in [2.45, 2.75) is 6.92 Å². The highest BCUT2D eigenvalue weighted by molar-refractivity contribution is 7.17. The number of H-pyrrole nitrogens is 1. The summed E-state index contributed by atoms with van der Waals surface area (Å²) in [4.78, 5) is 24.9. The standard InChI is InChI=1S/C18H14N4OS/c1-11-16(24-18(21-11)12-4-7-19-8-5-12)17(23)22-14-2-3-15-13(10-14)6-9-20-15/h2-10,20H,1H3,(H,22,23). The molecule has 1 amide bonds. The fourth-order valence-electron chi connectivity index (χ4n) is 2.54. The van der Waals surface area contributed by atoms with Crippen molar-refractivity contribution in [2.75, 3.05) is 5.32 Å². The molecule has 0 fully saturated rings. The SMILES string of the molecule is Cc1nc(-c2ccncc2)sc1C(=O)Nc1ccc2[nH]ccc2c1. The Morgan fingerprint density at radius 2 is 2.00 bits per heavy atom. The molecule has 0 radical (unpaired) electrons. The van der Waals surface area contributed by atoms with Crippen molar-refractivity contribution in [1.29, 1.82) is 0 Å². The van der Waals surface area contributed by atoms with Crippen LogP contribution in [0.25, 0.3) is 21.5 Å². The molecule has 0 spiro atoms. The molecule has 4 aromatic rings. The maximum absolute atomic E-state index is 12.6. The number of hydrogen-bond donors (Lipinski definition) is 2. The van der Waals surface area contributed by atoms with Gasteiger partial charge in [-0.15, -0.1) is 11.3 Å². The van der Waals surface area contributed by atoms with E-state index in [1.807, 2.05) is 49.5 Å². The number of nitrogens with one attached hydrogen (secondary N) is 2. The first-order valence-corrected chi connectivity index (χ1v) is 8.29. The molecule has 5 nitrogen and oxygen atoms in total. The highest BCUT2D eigenvalue weighted by atomic mass is 32.1. The first-order chi connectivity index (χ1) is 11.7. The van der Waals surface area contributed by atoms with Crippen LogP contribution in [0, 0.1) is 6.92 Å². The van der Waals surface area contributed by atoms with E-state index < -0.39 is 0 Å². The molecule has 0 bridgehead atoms. The number of nitrogens with zero attached hydrogens (tertiary/aromatic N) is 2. The van der Waals surface area contributed by atoms with Crippen LogP contribution in [0.2, 0.25) is 0 Å². The predicted molar refractivity (Wildman–Crippen MR) is 96.3 cm³/mol. The third-order valence-corrected chi connectivity index (χ3v) is 4.95. The first-order valence-electron chi connectivity index (χ1n) is 7.47. The number of fused-ring (bicyclic) bond motifs is 1. The number of benzene rings is 1. The van der Waals surface area contributed by atoms with Gasteiger partial charge >= 0.3 is 0 Å². The number of carbonyl (C=O) groups excluding carboxylic acids is 1. The number of aromatic nitrogens is 3. The van der Waals surface area contributed by atoms with Crippen LogP contribution < -0.4 is 5.32 Å². The topological polar surface area (TPSA) is 70.7 Å². The predicted octanol–water partition coefficient (Wildman–Crippen LogP) is 4.25. The Morgan fingerprint density at radius 3 is 2.83 bits per heavy atom. The Hall–Kier alpha value is -2.99. The Bertz CT molecular complexity index is 1020. The lowest BCUT2D eigenvalue weighted by atomic mass is 10.2. The molecule has 0 saturated heterocycles. The molecule has 2 N–H and O–H groups in total. The largest absolute Gasteiger partial charge is 0.361 e. The molecule has 3 heterocycles. The average Bonchev–Trinajstić information content (AvgIpc) is 3.21. The van der Waals surface area contributed by atoms with E-state index in [4.69, 9.17) is 0 Å². The number of carbonyl (C=O) groups is 1. The molecule has 4 rings (SSSR count). The molecule has 0 aliphatic carbocycles. The van der Waals surface area contributed by atoms with Gasteiger partial charge in [-0.05, 0) is 43.3 Å². The van der Waals surface area contributed by atoms with Crippen LogP contribution in [0.1, 0.15) is 15.4 Å². The highest BCUT2D eigenvalue weighted by Crippen LogP contribution is 2.28. The summed E-state index contributed by atoms with van der Waals surface area (Å²) in [5.74, 6) is -0.139. The van der Waals surface area contributed by atoms with Gasteiger partial charge in [-0.2, -0.15) is 0 Å². The number of amides is 1. The third kappa shape index (κ3) is 2.68. The van der Waals surface area contributed by atoms with Gasteiger partial charge in [-0.1, -0.05) is 0 Å². The zero-order chi connectivity index (χ0) is 16.5. The molecule has 3 aromatic heterocycles. The molecule has 24 heavy (non-hydrogen) atoms. The van der Waals surface area contributed by atoms with Crippen LogP contribution in [0.15, 0.2) is 55.0 Å². The zero-order valence-corrected chi connectivity index (χ0v) is 13.7. The van der Waals surface area contributed by atoms with Crippen LogP contribution in [0.3, 0.4) is 0 Å². The van der Waals surface area contributed by atoms with E-state index in [-0.39, 0.29) is 5.91 Å². The zero-order valence-electron chi connectivity index (χ0n) is 12.9. The van der Waals surface area contributed by atoms with E-state index in [1.54, 1.807) is 12.4 Å². The summed E-state index contributed by atoms with van der Waals surface area (Å²) in [6.07, 6.45) is 5.32. The van der Waals surface area contributed by atoms with E-state index in [9.17, 15) is 4.79 Å². The maximum atomic E-state index is 12.6. The van der Waals surface area contributed by atoms with Crippen LogP contribution >= 0.6 is 11.3 Å². The van der Waals surface area contributed by atoms with Gasteiger partial charge in [0.05, 0.1) is 5.69 Å². The van der Waals surface area contributed by atoms with E-state index in [0.29, 0.717) is 4.88 Å². The lowest BCUT2D eigenvalue weighted by molar-refractivity contribution is 0.103. The van der Waals surface area contributed by atoms with Crippen molar-refractivity contribution in [3.8, 4) is 10.6 Å². The fourth-order valence-corrected chi connectivity index (χ4v) is 3.51. The second kappa shape index (κ2) is 5.90. The average molecular weight is 334 g/mol. The van der Waals surface area contributed by atoms with E-state index in [1.165, 1.54) is 11.3 Å². The van der Waals surface area contributed by atoms with E-state index in [0.717, 1.165) is 32.9 Å². The Morgan fingerprint density at radius 1 is 1.17 bits per heavy atom. The van der Waals surface area contributed by atoms with E-state index in [2.05, 4.69) is 20.3 Å². The molecule has 0 unspecified atom stereocenters. The van der Waals surface area contributed by atoms with Crippen molar-refractivity contribution >= 4 is 33.8 Å². The molecule has 0 saturated carbocycles. The molecular weight excluding hydrogens is 320 g/mol. The molecule has 0 atom stereocenters. The Balaban J connectivity index is 1.61. The van der Waals surface area contributed by atoms with Gasteiger partial charge in [0.15, 0.2) is 0 Å². The van der Waals surface area contributed by atoms with Gasteiger partial charge in [-0.25, -0.2) is 4.98 Å². The van der Waals surface area contributed by atoms with Crippen molar-refractivity contribution in [3.05, 3.63) is 65.6 Å². The van der Waals surface area contributed by atoms with Gasteiger partial charge in [0.25, 0.3) is 5.91 Å². The summed E-state index contributed by atoms with van der Waals surface area (Å²) < 4.78 is 0. The number of hydrogen-bond acceptors (Lipinski definition) is 4. The number of aryl methyl sites for hydroxylation is 1. The van der Waals surface area contributed by atoms with Crippen LogP contribution in [-0.4, -0.2) is 20.9 Å². The summed E-state index contributed by atoms with van der Waals surface area (Å²) in [6, 6.07) is 11.5. The van der Waals surface area contributed by atoms with Crippen molar-refractivity contribution in [2.24, 2.45) is 0 Å². The normalized spacial score (nSPS) is 10.9. The summed E-state index contributed by atoms with van der Waals surface area (Å²) in [5.41, 5.74) is 3.50. The fraction of sp³-hybridized carbons (Fsp3) is 0.0556. The number of rotatable bonds is 3. The maximum Gasteiger partial charge on any atom is 0.267 e. The van der Waals surface area contributed by atoms with E-state index >= 15 is 0 Å². The molecule has 1 aromatic carbocycles. The van der Waals surface area contributed by atoms with Crippen LogP contribution in [0.5, 0.6) is 0 Å². The minimum Gasteiger partial charge on any atom is -0.361 e. The van der Waals surface area contributed by atoms with Crippen molar-refractivity contribution in [1.82, 2.24) is 15.0 Å².